The van der Waals surface area contributed by atoms with Crippen LogP contribution in [0, 0.1) is 0 Å². The van der Waals surface area contributed by atoms with Gasteiger partial charge in [-0.2, -0.15) is 0 Å². The first-order valence-electron chi connectivity index (χ1n) is 10.5. The average Bonchev–Trinajstić information content (AvgIpc) is 3.06. The summed E-state index contributed by atoms with van der Waals surface area (Å²) in [6, 6.07) is 13.0. The van der Waals surface area contributed by atoms with Crippen LogP contribution < -0.4 is 10.1 Å². The summed E-state index contributed by atoms with van der Waals surface area (Å²) < 4.78 is 10.6. The van der Waals surface area contributed by atoms with Crippen LogP contribution in [-0.4, -0.2) is 54.6 Å². The summed E-state index contributed by atoms with van der Waals surface area (Å²) in [5, 5.41) is 4.06. The number of likely N-dealkylation sites (tertiary alicyclic amines) is 1. The van der Waals surface area contributed by atoms with Crippen LogP contribution in [0.2, 0.25) is 5.02 Å². The van der Waals surface area contributed by atoms with Crippen LogP contribution in [0.5, 0.6) is 5.75 Å². The molecule has 0 radical (unpaired) electrons. The highest BCUT2D eigenvalue weighted by Gasteiger charge is 2.42. The molecule has 4 rings (SSSR count). The molecule has 2 aliphatic heterocycles. The lowest BCUT2D eigenvalue weighted by Crippen LogP contribution is -2.49. The number of piperidine rings is 1. The van der Waals surface area contributed by atoms with Gasteiger partial charge in [-0.05, 0) is 44.0 Å². The van der Waals surface area contributed by atoms with Gasteiger partial charge in [0.1, 0.15) is 11.9 Å². The van der Waals surface area contributed by atoms with Crippen LogP contribution in [0.15, 0.2) is 42.5 Å². The molecule has 0 aliphatic carbocycles. The maximum atomic E-state index is 13.4. The molecule has 1 N–H and O–H groups in total. The summed E-state index contributed by atoms with van der Waals surface area (Å²) in [5.74, 6) is 0.641. The van der Waals surface area contributed by atoms with E-state index in [1.807, 2.05) is 29.2 Å². The number of nitrogens with zero attached hydrogens (tertiary/aromatic N) is 2. The second kappa shape index (κ2) is 9.06. The van der Waals surface area contributed by atoms with Crippen LogP contribution in [0.4, 0.5) is 10.5 Å². The summed E-state index contributed by atoms with van der Waals surface area (Å²) >= 11 is 6.22. The summed E-state index contributed by atoms with van der Waals surface area (Å²) in [5.41, 5.74) is 2.33. The van der Waals surface area contributed by atoms with Crippen LogP contribution >= 0.6 is 11.6 Å². The molecule has 1 saturated heterocycles. The van der Waals surface area contributed by atoms with Crippen molar-refractivity contribution in [1.82, 2.24) is 9.80 Å². The zero-order valence-electron chi connectivity index (χ0n) is 17.6. The van der Waals surface area contributed by atoms with Crippen molar-refractivity contribution in [3.8, 4) is 5.75 Å². The molecule has 0 aromatic heterocycles. The molecule has 0 spiro atoms. The lowest BCUT2D eigenvalue weighted by Gasteiger charge is -2.39. The first kappa shape index (κ1) is 21.3. The van der Waals surface area contributed by atoms with E-state index in [2.05, 4.69) is 5.32 Å². The number of halogens is 1. The number of benzene rings is 2. The Bertz CT molecular complexity index is 975. The van der Waals surface area contributed by atoms with Crippen molar-refractivity contribution < 1.29 is 19.1 Å². The minimum atomic E-state index is -0.352. The lowest BCUT2D eigenvalue weighted by molar-refractivity contribution is 0.0496. The summed E-state index contributed by atoms with van der Waals surface area (Å²) in [6.45, 7) is 3.25. The third kappa shape index (κ3) is 4.14. The molecule has 31 heavy (non-hydrogen) atoms. The fourth-order valence-corrected chi connectivity index (χ4v) is 4.51. The van der Waals surface area contributed by atoms with Crippen molar-refractivity contribution in [2.24, 2.45) is 0 Å². The minimum Gasteiger partial charge on any atom is -0.495 e. The molecule has 2 amide bonds. The van der Waals surface area contributed by atoms with E-state index in [1.54, 1.807) is 37.1 Å². The Kier molecular flexibility index (Phi) is 6.23. The van der Waals surface area contributed by atoms with E-state index in [0.29, 0.717) is 48.9 Å². The van der Waals surface area contributed by atoms with E-state index < -0.39 is 0 Å². The average molecular weight is 444 g/mol. The number of rotatable bonds is 5. The maximum Gasteiger partial charge on any atom is 0.409 e. The van der Waals surface area contributed by atoms with Crippen molar-refractivity contribution >= 4 is 29.3 Å². The molecule has 0 unspecified atom stereocenters. The van der Waals surface area contributed by atoms with Crippen molar-refractivity contribution in [1.29, 1.82) is 0 Å². The Labute approximate surface area is 186 Å². The highest BCUT2D eigenvalue weighted by atomic mass is 35.5. The van der Waals surface area contributed by atoms with Crippen LogP contribution in [0.1, 0.15) is 41.9 Å². The summed E-state index contributed by atoms with van der Waals surface area (Å²) in [6.07, 6.45) is 0.720. The molecule has 2 aromatic carbocycles. The predicted molar refractivity (Wildman–Crippen MR) is 119 cm³/mol. The quantitative estimate of drug-likeness (QED) is 0.734. The van der Waals surface area contributed by atoms with E-state index >= 15 is 0 Å². The number of ether oxygens (including phenoxy) is 2. The van der Waals surface area contributed by atoms with Gasteiger partial charge in [0.15, 0.2) is 0 Å². The number of carbonyl (C=O) groups excluding carboxylic acids is 2. The van der Waals surface area contributed by atoms with Gasteiger partial charge < -0.3 is 24.6 Å². The monoisotopic (exact) mass is 443 g/mol. The fourth-order valence-electron chi connectivity index (χ4n) is 4.34. The zero-order valence-corrected chi connectivity index (χ0v) is 18.4. The van der Waals surface area contributed by atoms with Gasteiger partial charge in [0.25, 0.3) is 5.91 Å². The fraction of sp³-hybridized carbons (Fsp3) is 0.391. The van der Waals surface area contributed by atoms with Gasteiger partial charge >= 0.3 is 6.09 Å². The van der Waals surface area contributed by atoms with Gasteiger partial charge in [0.05, 0.1) is 19.4 Å². The van der Waals surface area contributed by atoms with E-state index in [4.69, 9.17) is 21.1 Å². The van der Waals surface area contributed by atoms with Gasteiger partial charge in [-0.1, -0.05) is 29.8 Å². The molecule has 2 aromatic rings. The number of methoxy groups -OCH3 is 1. The molecule has 2 heterocycles. The highest BCUT2D eigenvalue weighted by Crippen LogP contribution is 2.40. The first-order valence-corrected chi connectivity index (χ1v) is 10.8. The second-order valence-electron chi connectivity index (χ2n) is 7.61. The van der Waals surface area contributed by atoms with E-state index in [-0.39, 0.29) is 24.2 Å². The molecule has 2 aliphatic rings. The Morgan fingerprint density at radius 2 is 1.94 bits per heavy atom. The molecule has 8 heteroatoms. The number of nitrogens with one attached hydrogen (secondary N) is 1. The first-order chi connectivity index (χ1) is 15.0. The lowest BCUT2D eigenvalue weighted by atomic mass is 10.0. The Balaban J connectivity index is 1.60. The predicted octanol–water partition coefficient (Wildman–Crippen LogP) is 4.54. The number of hydrogen-bond acceptors (Lipinski definition) is 5. The van der Waals surface area contributed by atoms with Crippen LogP contribution in [-0.2, 0) is 4.74 Å². The second-order valence-corrected chi connectivity index (χ2v) is 8.04. The SMILES string of the molecule is CCOC(=O)N1CCC(N2C(=O)c3ccccc3[C@@H]2Nc2cc(Cl)ccc2OC)CC1. The van der Waals surface area contributed by atoms with E-state index in [0.717, 1.165) is 11.3 Å². The molecule has 1 atom stereocenters. The van der Waals surface area contributed by atoms with Gasteiger partial charge in [-0.25, -0.2) is 4.79 Å². The van der Waals surface area contributed by atoms with E-state index in [1.165, 1.54) is 0 Å². The van der Waals surface area contributed by atoms with Crippen molar-refractivity contribution in [2.45, 2.75) is 32.0 Å². The smallest absolute Gasteiger partial charge is 0.409 e. The number of amides is 2. The number of hydrogen-bond donors (Lipinski definition) is 1. The van der Waals surface area contributed by atoms with Crippen LogP contribution in [0.3, 0.4) is 0 Å². The number of anilines is 1. The van der Waals surface area contributed by atoms with Crippen molar-refractivity contribution in [2.75, 3.05) is 32.1 Å². The minimum absolute atomic E-state index is 0.00624. The highest BCUT2D eigenvalue weighted by molar-refractivity contribution is 6.30. The third-order valence-electron chi connectivity index (χ3n) is 5.84. The van der Waals surface area contributed by atoms with Crippen LogP contribution in [0.25, 0.3) is 0 Å². The van der Waals surface area contributed by atoms with Gasteiger partial charge in [-0.15, -0.1) is 0 Å². The summed E-state index contributed by atoms with van der Waals surface area (Å²) in [4.78, 5) is 29.0. The Morgan fingerprint density at radius 1 is 1.19 bits per heavy atom. The molecule has 164 valence electrons. The van der Waals surface area contributed by atoms with Crippen molar-refractivity contribution in [3.05, 3.63) is 58.6 Å². The zero-order chi connectivity index (χ0) is 22.0. The molecule has 1 fully saturated rings. The molecular formula is C23H26ClN3O4. The molecular weight excluding hydrogens is 418 g/mol. The Hall–Kier alpha value is -2.93. The summed E-state index contributed by atoms with van der Waals surface area (Å²) in [7, 11) is 1.60. The van der Waals surface area contributed by atoms with Gasteiger partial charge in [0.2, 0.25) is 0 Å². The number of fused-ring (bicyclic) bond motifs is 1. The molecule has 0 bridgehead atoms. The standard InChI is InChI=1S/C23H26ClN3O4/c1-3-31-23(29)26-12-10-16(11-13-26)27-21(17-6-4-5-7-18(17)22(27)28)25-19-14-15(24)8-9-20(19)30-2/h4-9,14,16,21,25H,3,10-13H2,1-2H3/t21-/m1/s1. The normalized spacial score (nSPS) is 18.7. The van der Waals surface area contributed by atoms with Gasteiger partial charge in [-0.3, -0.25) is 4.79 Å². The van der Waals surface area contributed by atoms with Gasteiger partial charge in [0, 0.05) is 35.3 Å². The van der Waals surface area contributed by atoms with E-state index in [9.17, 15) is 9.59 Å². The Morgan fingerprint density at radius 3 is 2.65 bits per heavy atom. The largest absolute Gasteiger partial charge is 0.495 e. The maximum absolute atomic E-state index is 13.4. The number of carbonyl (C=O) groups is 2. The third-order valence-corrected chi connectivity index (χ3v) is 6.07. The topological polar surface area (TPSA) is 71.1 Å². The molecule has 0 saturated carbocycles. The van der Waals surface area contributed by atoms with Crippen molar-refractivity contribution in [3.63, 3.8) is 0 Å². The molecule has 7 nitrogen and oxygen atoms in total.